The van der Waals surface area contributed by atoms with Gasteiger partial charge in [-0.1, -0.05) is 41.4 Å². The SMILES string of the molecule is CC(C)Cc1cc(N)c2c(Br)ccc(Cl)c2n1. The summed E-state index contributed by atoms with van der Waals surface area (Å²) < 4.78 is 0.929. The Morgan fingerprint density at radius 1 is 1.41 bits per heavy atom. The zero-order valence-corrected chi connectivity index (χ0v) is 12.1. The van der Waals surface area contributed by atoms with E-state index in [1.165, 1.54) is 0 Å². The molecular formula is C13H14BrClN2. The minimum Gasteiger partial charge on any atom is -0.398 e. The smallest absolute Gasteiger partial charge is 0.0923 e. The molecule has 0 bridgehead atoms. The van der Waals surface area contributed by atoms with E-state index in [0.29, 0.717) is 10.9 Å². The second kappa shape index (κ2) is 4.83. The molecule has 0 aliphatic heterocycles. The van der Waals surface area contributed by atoms with E-state index >= 15 is 0 Å². The van der Waals surface area contributed by atoms with Crippen LogP contribution in [-0.4, -0.2) is 4.98 Å². The molecule has 0 saturated heterocycles. The lowest BCUT2D eigenvalue weighted by molar-refractivity contribution is 0.637. The predicted molar refractivity (Wildman–Crippen MR) is 77.4 cm³/mol. The quantitative estimate of drug-likeness (QED) is 0.890. The van der Waals surface area contributed by atoms with Crippen LogP contribution in [0.25, 0.3) is 10.9 Å². The van der Waals surface area contributed by atoms with Gasteiger partial charge < -0.3 is 5.73 Å². The standard InChI is InChI=1S/C13H14BrClN2/c1-7(2)5-8-6-11(16)12-9(14)3-4-10(15)13(12)17-8/h3-4,6-7H,5H2,1-2H3,(H2,16,17). The van der Waals surface area contributed by atoms with Crippen molar-refractivity contribution in [1.82, 2.24) is 4.98 Å². The maximum Gasteiger partial charge on any atom is 0.0923 e. The molecule has 0 fully saturated rings. The Balaban J connectivity index is 2.68. The van der Waals surface area contributed by atoms with Gasteiger partial charge in [-0.3, -0.25) is 4.98 Å². The molecule has 2 nitrogen and oxygen atoms in total. The molecule has 2 rings (SSSR count). The van der Waals surface area contributed by atoms with E-state index in [-0.39, 0.29) is 0 Å². The summed E-state index contributed by atoms with van der Waals surface area (Å²) in [6, 6.07) is 5.66. The number of nitrogens with zero attached hydrogens (tertiary/aromatic N) is 1. The van der Waals surface area contributed by atoms with Crippen LogP contribution in [-0.2, 0) is 6.42 Å². The predicted octanol–water partition coefficient (Wildman–Crippen LogP) is 4.43. The van der Waals surface area contributed by atoms with Crippen molar-refractivity contribution in [2.45, 2.75) is 20.3 Å². The molecule has 90 valence electrons. The lowest BCUT2D eigenvalue weighted by Gasteiger charge is -2.10. The van der Waals surface area contributed by atoms with E-state index < -0.39 is 0 Å². The van der Waals surface area contributed by atoms with Gasteiger partial charge in [-0.05, 0) is 30.5 Å². The zero-order chi connectivity index (χ0) is 12.6. The van der Waals surface area contributed by atoms with Crippen LogP contribution in [0, 0.1) is 5.92 Å². The molecule has 1 aromatic heterocycles. The van der Waals surface area contributed by atoms with Crippen molar-refractivity contribution in [2.75, 3.05) is 5.73 Å². The molecule has 0 aliphatic rings. The van der Waals surface area contributed by atoms with Crippen molar-refractivity contribution in [2.24, 2.45) is 5.92 Å². The first kappa shape index (κ1) is 12.7. The van der Waals surface area contributed by atoms with Crippen LogP contribution in [0.5, 0.6) is 0 Å². The fourth-order valence-corrected chi connectivity index (χ4v) is 2.62. The third-order valence-electron chi connectivity index (χ3n) is 2.56. The summed E-state index contributed by atoms with van der Waals surface area (Å²) in [7, 11) is 0. The van der Waals surface area contributed by atoms with Crippen molar-refractivity contribution in [3.63, 3.8) is 0 Å². The lowest BCUT2D eigenvalue weighted by atomic mass is 10.1. The largest absolute Gasteiger partial charge is 0.398 e. The number of nitrogen functional groups attached to an aromatic ring is 1. The van der Waals surface area contributed by atoms with Gasteiger partial charge in [0.2, 0.25) is 0 Å². The third kappa shape index (κ3) is 2.55. The number of aromatic nitrogens is 1. The lowest BCUT2D eigenvalue weighted by Crippen LogP contribution is -2.00. The highest BCUT2D eigenvalue weighted by molar-refractivity contribution is 9.10. The summed E-state index contributed by atoms with van der Waals surface area (Å²) in [5.74, 6) is 0.547. The molecule has 0 spiro atoms. The minimum absolute atomic E-state index is 0.547. The van der Waals surface area contributed by atoms with Gasteiger partial charge in [-0.2, -0.15) is 0 Å². The second-order valence-electron chi connectivity index (χ2n) is 4.55. The first-order valence-electron chi connectivity index (χ1n) is 5.52. The maximum atomic E-state index is 6.17. The molecule has 0 aliphatic carbocycles. The molecule has 0 saturated carbocycles. The van der Waals surface area contributed by atoms with Gasteiger partial charge in [0.15, 0.2) is 0 Å². The molecular weight excluding hydrogens is 300 g/mol. The van der Waals surface area contributed by atoms with Crippen LogP contribution in [0.1, 0.15) is 19.5 Å². The number of anilines is 1. The highest BCUT2D eigenvalue weighted by atomic mass is 79.9. The molecule has 17 heavy (non-hydrogen) atoms. The van der Waals surface area contributed by atoms with Gasteiger partial charge in [0.05, 0.1) is 10.5 Å². The summed E-state index contributed by atoms with van der Waals surface area (Å²) in [6.07, 6.45) is 0.906. The van der Waals surface area contributed by atoms with Crippen LogP contribution in [0.15, 0.2) is 22.7 Å². The van der Waals surface area contributed by atoms with Crippen molar-refractivity contribution in [3.05, 3.63) is 33.4 Å². The highest BCUT2D eigenvalue weighted by Gasteiger charge is 2.10. The molecule has 4 heteroatoms. The second-order valence-corrected chi connectivity index (χ2v) is 5.82. The molecule has 0 radical (unpaired) electrons. The summed E-state index contributed by atoms with van der Waals surface area (Å²) in [4.78, 5) is 4.59. The Labute approximate surface area is 114 Å². The van der Waals surface area contributed by atoms with Crippen LogP contribution < -0.4 is 5.73 Å². The molecule has 0 unspecified atom stereocenters. The first-order valence-corrected chi connectivity index (χ1v) is 6.69. The summed E-state index contributed by atoms with van der Waals surface area (Å²) in [5.41, 5.74) is 8.56. The normalized spacial score (nSPS) is 11.4. The van der Waals surface area contributed by atoms with Gasteiger partial charge in [0, 0.05) is 21.2 Å². The van der Waals surface area contributed by atoms with Crippen molar-refractivity contribution in [3.8, 4) is 0 Å². The molecule has 1 aromatic carbocycles. The number of rotatable bonds is 2. The topological polar surface area (TPSA) is 38.9 Å². The summed E-state index contributed by atoms with van der Waals surface area (Å²) in [5, 5.41) is 1.53. The Kier molecular flexibility index (Phi) is 3.59. The van der Waals surface area contributed by atoms with E-state index in [0.717, 1.165) is 33.2 Å². The van der Waals surface area contributed by atoms with Gasteiger partial charge >= 0.3 is 0 Å². The number of fused-ring (bicyclic) bond motifs is 1. The first-order chi connectivity index (χ1) is 7.99. The summed E-state index contributed by atoms with van der Waals surface area (Å²) >= 11 is 9.65. The van der Waals surface area contributed by atoms with Crippen molar-refractivity contribution < 1.29 is 0 Å². The van der Waals surface area contributed by atoms with Gasteiger partial charge in [0.1, 0.15) is 0 Å². The molecule has 0 atom stereocenters. The number of pyridine rings is 1. The number of halogens is 2. The molecule has 2 aromatic rings. The maximum absolute atomic E-state index is 6.17. The van der Waals surface area contributed by atoms with Crippen LogP contribution >= 0.6 is 27.5 Å². The van der Waals surface area contributed by atoms with E-state index in [2.05, 4.69) is 34.8 Å². The van der Waals surface area contributed by atoms with Crippen LogP contribution in [0.4, 0.5) is 5.69 Å². The van der Waals surface area contributed by atoms with E-state index in [1.54, 1.807) is 0 Å². The average Bonchev–Trinajstić information content (AvgIpc) is 2.22. The molecule has 1 heterocycles. The number of nitrogens with two attached hydrogens (primary N) is 1. The Morgan fingerprint density at radius 2 is 2.12 bits per heavy atom. The monoisotopic (exact) mass is 312 g/mol. The van der Waals surface area contributed by atoms with E-state index in [1.807, 2.05) is 18.2 Å². The fourth-order valence-electron chi connectivity index (χ4n) is 1.88. The van der Waals surface area contributed by atoms with Crippen molar-refractivity contribution >= 4 is 44.1 Å². The Hall–Kier alpha value is -0.800. The highest BCUT2D eigenvalue weighted by Crippen LogP contribution is 2.33. The van der Waals surface area contributed by atoms with Gasteiger partial charge in [-0.25, -0.2) is 0 Å². The number of hydrogen-bond donors (Lipinski definition) is 1. The zero-order valence-electron chi connectivity index (χ0n) is 9.80. The van der Waals surface area contributed by atoms with E-state index in [4.69, 9.17) is 17.3 Å². The van der Waals surface area contributed by atoms with E-state index in [9.17, 15) is 0 Å². The Morgan fingerprint density at radius 3 is 2.76 bits per heavy atom. The third-order valence-corrected chi connectivity index (χ3v) is 3.53. The number of hydrogen-bond acceptors (Lipinski definition) is 2. The molecule has 0 amide bonds. The minimum atomic E-state index is 0.547. The van der Waals surface area contributed by atoms with Crippen LogP contribution in [0.3, 0.4) is 0 Å². The van der Waals surface area contributed by atoms with Gasteiger partial charge in [0.25, 0.3) is 0 Å². The van der Waals surface area contributed by atoms with Gasteiger partial charge in [-0.15, -0.1) is 0 Å². The number of benzene rings is 1. The fraction of sp³-hybridized carbons (Fsp3) is 0.308. The van der Waals surface area contributed by atoms with Crippen LogP contribution in [0.2, 0.25) is 5.02 Å². The van der Waals surface area contributed by atoms with Crippen molar-refractivity contribution in [1.29, 1.82) is 0 Å². The average molecular weight is 314 g/mol. The summed E-state index contributed by atoms with van der Waals surface area (Å²) in [6.45, 7) is 4.31. The molecule has 2 N–H and O–H groups in total. The Bertz CT molecular complexity index is 567.